The van der Waals surface area contributed by atoms with Crippen LogP contribution in [-0.4, -0.2) is 20.2 Å². The summed E-state index contributed by atoms with van der Waals surface area (Å²) in [5.41, 5.74) is 0. The molecule has 0 rings (SSSR count). The highest BCUT2D eigenvalue weighted by atomic mass is 32.2. The Hall–Kier alpha value is -0.0900. The Morgan fingerprint density at radius 2 is 1.69 bits per heavy atom. The van der Waals surface area contributed by atoms with Crippen molar-refractivity contribution in [3.8, 4) is 0 Å². The molecular formula is C9H21NO2S. The molecule has 80 valence electrons. The first-order valence-corrected chi connectivity index (χ1v) is 6.70. The number of hydrogen-bond acceptors (Lipinski definition) is 2. The van der Waals surface area contributed by atoms with E-state index in [1.807, 2.05) is 20.8 Å². The van der Waals surface area contributed by atoms with Crippen LogP contribution in [0.5, 0.6) is 0 Å². The van der Waals surface area contributed by atoms with Gasteiger partial charge in [-0.25, -0.2) is 13.1 Å². The van der Waals surface area contributed by atoms with E-state index in [1.54, 1.807) is 0 Å². The lowest BCUT2D eigenvalue weighted by Gasteiger charge is -2.14. The van der Waals surface area contributed by atoms with Gasteiger partial charge in [0.25, 0.3) is 0 Å². The summed E-state index contributed by atoms with van der Waals surface area (Å²) in [4.78, 5) is 0. The van der Waals surface area contributed by atoms with Crippen LogP contribution in [0.25, 0.3) is 0 Å². The summed E-state index contributed by atoms with van der Waals surface area (Å²) >= 11 is 0. The first kappa shape index (κ1) is 12.9. The summed E-state index contributed by atoms with van der Waals surface area (Å²) in [5.74, 6) is 0.264. The van der Waals surface area contributed by atoms with Gasteiger partial charge in [-0.15, -0.1) is 0 Å². The van der Waals surface area contributed by atoms with Crippen LogP contribution in [-0.2, 0) is 10.0 Å². The third-order valence-electron chi connectivity index (χ3n) is 2.10. The lowest BCUT2D eigenvalue weighted by Crippen LogP contribution is -2.35. The van der Waals surface area contributed by atoms with Gasteiger partial charge in [-0.3, -0.25) is 0 Å². The molecule has 0 heterocycles. The van der Waals surface area contributed by atoms with E-state index in [1.165, 1.54) is 0 Å². The van der Waals surface area contributed by atoms with Crippen LogP contribution in [0.4, 0.5) is 0 Å². The van der Waals surface area contributed by atoms with Crippen LogP contribution in [0.2, 0.25) is 0 Å². The van der Waals surface area contributed by atoms with E-state index in [9.17, 15) is 8.42 Å². The largest absolute Gasteiger partial charge is 0.212 e. The summed E-state index contributed by atoms with van der Waals surface area (Å²) < 4.78 is 25.5. The molecule has 0 bridgehead atoms. The molecule has 0 aromatic rings. The molecule has 0 radical (unpaired) electrons. The molecule has 0 unspecified atom stereocenters. The summed E-state index contributed by atoms with van der Waals surface area (Å²) in [6.07, 6.45) is 3.39. The van der Waals surface area contributed by atoms with E-state index >= 15 is 0 Å². The molecule has 0 fully saturated rings. The second-order valence-corrected chi connectivity index (χ2v) is 5.18. The Morgan fingerprint density at radius 3 is 2.08 bits per heavy atom. The number of sulfonamides is 1. The van der Waals surface area contributed by atoms with Crippen LogP contribution >= 0.6 is 0 Å². The zero-order chi connectivity index (χ0) is 10.3. The molecule has 3 nitrogen and oxygen atoms in total. The summed E-state index contributed by atoms with van der Waals surface area (Å²) in [6.45, 7) is 5.99. The second-order valence-electron chi connectivity index (χ2n) is 3.30. The Morgan fingerprint density at radius 1 is 1.15 bits per heavy atom. The lowest BCUT2D eigenvalue weighted by molar-refractivity contribution is 0.528. The molecule has 4 heteroatoms. The number of hydrogen-bond donors (Lipinski definition) is 1. The highest BCUT2D eigenvalue weighted by Crippen LogP contribution is 2.01. The average Bonchev–Trinajstić information content (AvgIpc) is 2.11. The van der Waals surface area contributed by atoms with Crippen molar-refractivity contribution in [3.63, 3.8) is 0 Å². The lowest BCUT2D eigenvalue weighted by atomic mass is 10.2. The van der Waals surface area contributed by atoms with Crippen LogP contribution in [0.1, 0.15) is 46.5 Å². The zero-order valence-corrected chi connectivity index (χ0v) is 9.65. The fourth-order valence-corrected chi connectivity index (χ4v) is 2.73. The first-order valence-electron chi connectivity index (χ1n) is 5.05. The van der Waals surface area contributed by atoms with Crippen molar-refractivity contribution in [3.05, 3.63) is 0 Å². The van der Waals surface area contributed by atoms with Crippen LogP contribution < -0.4 is 4.72 Å². The Balaban J connectivity index is 4.00. The normalized spacial score (nSPS) is 12.3. The van der Waals surface area contributed by atoms with Crippen LogP contribution in [0, 0.1) is 0 Å². The van der Waals surface area contributed by atoms with Crippen molar-refractivity contribution < 1.29 is 8.42 Å². The third-order valence-corrected chi connectivity index (χ3v) is 3.62. The highest BCUT2D eigenvalue weighted by Gasteiger charge is 2.13. The molecule has 13 heavy (non-hydrogen) atoms. The van der Waals surface area contributed by atoms with E-state index < -0.39 is 10.0 Å². The van der Waals surface area contributed by atoms with E-state index in [0.29, 0.717) is 0 Å². The maximum atomic E-state index is 11.4. The molecule has 0 spiro atoms. The van der Waals surface area contributed by atoms with Gasteiger partial charge in [0, 0.05) is 6.04 Å². The summed E-state index contributed by atoms with van der Waals surface area (Å²) in [6, 6.07) is 0.113. The minimum absolute atomic E-state index is 0.113. The van der Waals surface area contributed by atoms with Gasteiger partial charge in [-0.2, -0.15) is 0 Å². The van der Waals surface area contributed by atoms with Crippen molar-refractivity contribution in [2.45, 2.75) is 52.5 Å². The number of unbranched alkanes of at least 4 members (excludes halogenated alkanes) is 1. The standard InChI is InChI=1S/C9H21NO2S/c1-4-7-8-13(11,12)10-9(5-2)6-3/h9-10H,4-8H2,1-3H3. The van der Waals surface area contributed by atoms with E-state index in [4.69, 9.17) is 0 Å². The molecule has 0 aliphatic heterocycles. The molecule has 0 atom stereocenters. The average molecular weight is 207 g/mol. The smallest absolute Gasteiger partial charge is 0.211 e. The Kier molecular flexibility index (Phi) is 6.33. The van der Waals surface area contributed by atoms with Crippen molar-refractivity contribution >= 4 is 10.0 Å². The highest BCUT2D eigenvalue weighted by molar-refractivity contribution is 7.89. The van der Waals surface area contributed by atoms with Gasteiger partial charge in [0.1, 0.15) is 0 Å². The van der Waals surface area contributed by atoms with Crippen LogP contribution in [0.15, 0.2) is 0 Å². The summed E-state index contributed by atoms with van der Waals surface area (Å²) in [7, 11) is -3.02. The predicted octanol–water partition coefficient (Wildman–Crippen LogP) is 1.89. The van der Waals surface area contributed by atoms with Gasteiger partial charge in [-0.05, 0) is 19.3 Å². The van der Waals surface area contributed by atoms with Crippen molar-refractivity contribution in [1.82, 2.24) is 4.72 Å². The summed E-state index contributed by atoms with van der Waals surface area (Å²) in [5, 5.41) is 0. The first-order chi connectivity index (χ1) is 6.05. The minimum Gasteiger partial charge on any atom is -0.212 e. The van der Waals surface area contributed by atoms with Crippen molar-refractivity contribution in [2.24, 2.45) is 0 Å². The van der Waals surface area contributed by atoms with Gasteiger partial charge in [0.05, 0.1) is 5.75 Å². The van der Waals surface area contributed by atoms with Crippen molar-refractivity contribution in [2.75, 3.05) is 5.75 Å². The Bertz CT molecular complexity index is 208. The zero-order valence-electron chi connectivity index (χ0n) is 8.84. The third kappa shape index (κ3) is 6.05. The molecule has 0 saturated heterocycles. The molecule has 0 amide bonds. The molecule has 0 saturated carbocycles. The van der Waals surface area contributed by atoms with E-state index in [0.717, 1.165) is 25.7 Å². The van der Waals surface area contributed by atoms with Gasteiger partial charge in [-0.1, -0.05) is 27.2 Å². The predicted molar refractivity (Wildman–Crippen MR) is 56.2 cm³/mol. The molecule has 0 aliphatic rings. The Labute approximate surface area is 82.0 Å². The van der Waals surface area contributed by atoms with E-state index in [-0.39, 0.29) is 11.8 Å². The quantitative estimate of drug-likeness (QED) is 0.693. The van der Waals surface area contributed by atoms with Gasteiger partial charge < -0.3 is 0 Å². The second kappa shape index (κ2) is 6.38. The minimum atomic E-state index is -3.02. The van der Waals surface area contributed by atoms with Gasteiger partial charge in [0.2, 0.25) is 10.0 Å². The maximum absolute atomic E-state index is 11.4. The molecule has 1 N–H and O–H groups in total. The fraction of sp³-hybridized carbons (Fsp3) is 1.00. The molecule has 0 aliphatic carbocycles. The van der Waals surface area contributed by atoms with Gasteiger partial charge >= 0.3 is 0 Å². The maximum Gasteiger partial charge on any atom is 0.211 e. The molecular weight excluding hydrogens is 186 g/mol. The fourth-order valence-electron chi connectivity index (χ4n) is 1.10. The van der Waals surface area contributed by atoms with Gasteiger partial charge in [0.15, 0.2) is 0 Å². The number of nitrogens with one attached hydrogen (secondary N) is 1. The molecule has 0 aromatic carbocycles. The van der Waals surface area contributed by atoms with E-state index in [2.05, 4.69) is 4.72 Å². The number of rotatable bonds is 7. The SMILES string of the molecule is CCCCS(=O)(=O)NC(CC)CC. The van der Waals surface area contributed by atoms with Crippen LogP contribution in [0.3, 0.4) is 0 Å². The molecule has 0 aromatic heterocycles. The topological polar surface area (TPSA) is 46.2 Å². The monoisotopic (exact) mass is 207 g/mol. The van der Waals surface area contributed by atoms with Crippen molar-refractivity contribution in [1.29, 1.82) is 0 Å².